The van der Waals surface area contributed by atoms with Crippen LogP contribution in [-0.2, 0) is 120 Å². The Bertz CT molecular complexity index is 6190. The molecule has 0 saturated heterocycles. The summed E-state index contributed by atoms with van der Waals surface area (Å²) in [5.74, 6) is -2.53. The number of ether oxygens (including phenoxy) is 7. The topological polar surface area (TPSA) is 425 Å². The summed E-state index contributed by atoms with van der Waals surface area (Å²) in [5.41, 5.74) is 15.3. The van der Waals surface area contributed by atoms with Crippen molar-refractivity contribution in [2.75, 3.05) is 106 Å². The standard InChI is InChI=1S/C14H17N3O3.C10H10N2.C10H9NO3.C9H10N2O2.C9H10N2O.3C9H10N2.C8H8N2.C3H8O.5C2H6O.C2H3.CH4O.CH4.BBr3.3BrH.Mg.H2O.Zn/c1-8(14(19)20)9(2)15-13(18)12-10-6-4-5-7-11(10)17(3)16-12;1-3-9-8-6-4-5-7-10(8)12(2)11-9;1-14-6-11-9(12)7-4-2-3-5-8(7)10(11)13;1-11-7-5-3-2-4-6(7)8(10-11)9(12)13;1-11-9-5-3-2-4-7(9)8(6-12)10-11;3*1-7-8-5-3-4-6-9(8)11(2)10-7;1-10-8-5-3-2-4-7(8)6-9-10;1-3-4-2;5*1-3-2;2*1-2;;2-1(3)4;;;;;;/h4-9H,1-3H3,(H,15,18)(H,19,20);3-7H,1H2,2H3;2-5H,6H2,1H3;2-5,9,12-13H,1H3;2-5,12H,6H2,1H3;3*3-6H,1-2H3;2-6H,1H3;3H2,1-2H3;5*1-2H3;1H,2H2;2H,1H3;1H4;;3*1H;;1H2;/q;;;;;;;;;;;;;;;-1;;;;;;;+2;;+2/p-2. The summed E-state index contributed by atoms with van der Waals surface area (Å²) in [5, 5.41) is 88.0. The average molecular weight is 2500 g/mol. The number of hydrogen-bond donors (Lipinski definition) is 6. The molecule has 0 bridgehead atoms. The van der Waals surface area contributed by atoms with Crippen LogP contribution >= 0.6 is 74.5 Å². The van der Waals surface area contributed by atoms with Gasteiger partial charge in [0, 0.05) is 205 Å². The smallest absolute Gasteiger partial charge is 0.521 e. The monoisotopic (exact) mass is 2490 g/mol. The zero-order chi connectivity index (χ0) is 109. The molecule has 0 radical (unpaired) electrons. The van der Waals surface area contributed by atoms with Gasteiger partial charge in [-0.25, -0.2) is 0 Å². The first-order valence-electron chi connectivity index (χ1n) is 44.0. The Morgan fingerprint density at radius 3 is 1.07 bits per heavy atom. The second-order valence-corrected chi connectivity index (χ2v) is 50.2. The number of aliphatic hydroxyl groups excluding tert-OH is 3. The van der Waals surface area contributed by atoms with Crippen molar-refractivity contribution in [3.05, 3.63) is 295 Å². The van der Waals surface area contributed by atoms with E-state index in [0.29, 0.717) is 22.5 Å². The van der Waals surface area contributed by atoms with Crippen LogP contribution in [0, 0.1) is 33.3 Å². The number of nitrogens with one attached hydrogen (secondary N) is 1. The number of benzene rings is 9. The summed E-state index contributed by atoms with van der Waals surface area (Å²) in [6, 6.07) is 70.0. The van der Waals surface area contributed by atoms with Crippen LogP contribution in [0.2, 0.25) is 0 Å². The first-order chi connectivity index (χ1) is 68.9. The van der Waals surface area contributed by atoms with Crippen LogP contribution in [0.3, 0.4) is 0 Å². The maximum Gasteiger partial charge on any atom is 2.00 e. The summed E-state index contributed by atoms with van der Waals surface area (Å²) in [4.78, 5) is 47.5. The maximum absolute atomic E-state index is 12.2. The number of rotatable bonds is 10. The van der Waals surface area contributed by atoms with Gasteiger partial charge in [-0.05, 0) is 108 Å². The number of amides is 3. The Hall–Kier alpha value is -9.85. The number of para-hydroxylation sites is 8. The third-order valence-electron chi connectivity index (χ3n) is 19.4. The molecule has 802 valence electrons. The number of carbonyl (C=O) groups is 4. The Kier molecular flexibility index (Phi) is 83.0. The van der Waals surface area contributed by atoms with Gasteiger partial charge in [-0.15, -0.1) is 47.3 Å². The van der Waals surface area contributed by atoms with E-state index in [4.69, 9.17) is 30.3 Å². The summed E-state index contributed by atoms with van der Waals surface area (Å²) < 4.78 is 45.3. The van der Waals surface area contributed by atoms with Crippen LogP contribution in [0.25, 0.3) is 93.3 Å². The van der Waals surface area contributed by atoms with Gasteiger partial charge in [0.25, 0.3) is 17.7 Å². The fraction of sp³-hybridized carbons (Fsp3) is 0.327. The molecule has 17 aromatic rings. The zero-order valence-electron chi connectivity index (χ0n) is 89.0. The zero-order valence-corrected chi connectivity index (χ0v) is 103. The normalized spacial score (nSPS) is 10.2. The molecule has 9 N–H and O–H groups in total. The first-order valence-corrected chi connectivity index (χ1v) is 60.7. The molecule has 8 aromatic heterocycles. The Labute approximate surface area is 942 Å². The van der Waals surface area contributed by atoms with Crippen LogP contribution in [0.5, 0.6) is 0 Å². The number of imide groups is 1. The average Bonchev–Trinajstić information content (AvgIpc) is 1.64. The SMILES string of the molecule is BrB(Br)Br.C.C=Cc1nn(C)c2ccccc12.CC(NC(=O)c1nn(C)c2ccccc12)C(C)C(=O)O.CCOC.CO.COC.COC.COC.COC.COC.COCN1C(=O)c2ccccc2C1=O.Cc1nn(C)c2ccccc12.Cc1nn(C)c2ccccc12.Cc1nn(C)c2ccccc12.Cn1nc(C(O)O)c2ccccc21.Cn1nc(CO)c2ccccc21.Cn1ncc2ccccc21.[Br-].[Br][Zn][Br].[CH-]=C.[Mg+2].[OH3+]. The number of nitrogens with zero attached hydrogens (tertiary/aromatic N) is 17. The predicted octanol–water partition coefficient (Wildman–Crippen LogP) is 15.7. The number of carboxylic acid groups (broad SMARTS) is 1. The van der Waals surface area contributed by atoms with Gasteiger partial charge in [0.05, 0.1) is 102 Å². The maximum atomic E-state index is 12.2. The fourth-order valence-electron chi connectivity index (χ4n) is 13.0. The molecule has 44 heteroatoms. The molecule has 2 unspecified atom stereocenters. The molecule has 1 aliphatic heterocycles. The Balaban J connectivity index is -0.000000501. The van der Waals surface area contributed by atoms with Crippen molar-refractivity contribution >= 4 is 218 Å². The van der Waals surface area contributed by atoms with Crippen LogP contribution in [0.4, 0.5) is 0 Å². The van der Waals surface area contributed by atoms with Gasteiger partial charge >= 0.3 is 72.7 Å². The van der Waals surface area contributed by atoms with Crippen LogP contribution in [0.1, 0.15) is 99.9 Å². The summed E-state index contributed by atoms with van der Waals surface area (Å²) in [7, 11) is 35.6. The molecule has 18 rings (SSSR count). The van der Waals surface area contributed by atoms with Crippen molar-refractivity contribution in [2.45, 2.75) is 67.9 Å². The largest absolute Gasteiger partial charge is 2.00 e. The van der Waals surface area contributed by atoms with Gasteiger partial charge < -0.3 is 93.0 Å². The molecule has 2 atom stereocenters. The van der Waals surface area contributed by atoms with E-state index in [1.165, 1.54) is 50.7 Å². The Morgan fingerprint density at radius 1 is 0.459 bits per heavy atom. The summed E-state index contributed by atoms with van der Waals surface area (Å²) in [6.07, 6.45) is 2.14. The second kappa shape index (κ2) is 83.8. The number of aryl methyl sites for hydroxylation is 11. The number of fused-ring (bicyclic) bond motifs is 9. The molecular formula is C104H146BBr6MgN18O17Zn+. The minimum absolute atomic E-state index is 0. The number of methoxy groups -OCH3 is 7. The molecule has 9 aromatic carbocycles. The number of aliphatic hydroxyl groups is 4. The molecule has 0 aliphatic carbocycles. The van der Waals surface area contributed by atoms with Crippen molar-refractivity contribution in [3.63, 3.8) is 0 Å². The number of halogens is 6. The third kappa shape index (κ3) is 48.6. The third-order valence-corrected chi connectivity index (χ3v) is 19.4. The molecule has 35 nitrogen and oxygen atoms in total. The molecule has 148 heavy (non-hydrogen) atoms. The van der Waals surface area contributed by atoms with Crippen LogP contribution in [-0.4, -0.2) is 270 Å². The molecule has 0 fully saturated rings. The molecule has 0 spiro atoms. The molecule has 1 aliphatic rings. The van der Waals surface area contributed by atoms with Gasteiger partial charge in [-0.1, -0.05) is 172 Å². The predicted molar refractivity (Wildman–Crippen MR) is 614 cm³/mol. The number of aliphatic carboxylic acids is 1. The number of hydrogen-bond acceptors (Lipinski definition) is 23. The molecule has 0 saturated carbocycles. The summed E-state index contributed by atoms with van der Waals surface area (Å²) in [6.45, 7) is 22.8. The van der Waals surface area contributed by atoms with Crippen molar-refractivity contribution in [2.24, 2.45) is 62.3 Å². The van der Waals surface area contributed by atoms with Crippen LogP contribution < -0.4 is 22.3 Å². The number of carbonyl (C=O) groups excluding carboxylic acids is 3. The van der Waals surface area contributed by atoms with Crippen molar-refractivity contribution in [1.29, 1.82) is 0 Å². The number of carboxylic acids is 1. The van der Waals surface area contributed by atoms with E-state index >= 15 is 0 Å². The quantitative estimate of drug-likeness (QED) is 0.0243. The minimum atomic E-state index is -1.51. The van der Waals surface area contributed by atoms with Gasteiger partial charge in [0.15, 0.2) is 12.0 Å². The Morgan fingerprint density at radius 2 is 0.736 bits per heavy atom. The van der Waals surface area contributed by atoms with E-state index in [9.17, 15) is 19.2 Å². The van der Waals surface area contributed by atoms with E-state index in [2.05, 4.69) is 229 Å². The minimum Gasteiger partial charge on any atom is -0.521 e. The van der Waals surface area contributed by atoms with E-state index in [0.717, 1.165) is 90.7 Å². The van der Waals surface area contributed by atoms with E-state index in [1.807, 2.05) is 233 Å². The van der Waals surface area contributed by atoms with E-state index in [1.54, 1.807) is 151 Å². The van der Waals surface area contributed by atoms with E-state index in [-0.39, 0.29) is 100 Å². The van der Waals surface area contributed by atoms with Gasteiger partial charge in [0.2, 0.25) is 0 Å². The van der Waals surface area contributed by atoms with Crippen molar-refractivity contribution in [1.82, 2.24) is 88.5 Å². The van der Waals surface area contributed by atoms with Gasteiger partial charge in [0.1, 0.15) is 12.4 Å². The van der Waals surface area contributed by atoms with Gasteiger partial charge in [-0.2, -0.15) is 40.8 Å². The van der Waals surface area contributed by atoms with Crippen molar-refractivity contribution in [3.8, 4) is 0 Å². The number of aromatic nitrogens is 16. The molecule has 3 amide bonds. The van der Waals surface area contributed by atoms with E-state index < -0.39 is 24.2 Å². The fourth-order valence-corrected chi connectivity index (χ4v) is 13.0. The first kappa shape index (κ1) is 147. The second-order valence-electron chi connectivity index (χ2n) is 29.7. The van der Waals surface area contributed by atoms with Crippen LogP contribution in [0.15, 0.2) is 238 Å². The summed E-state index contributed by atoms with van der Waals surface area (Å²) >= 11 is 15.6. The van der Waals surface area contributed by atoms with Crippen molar-refractivity contribution < 1.29 is 114 Å². The van der Waals surface area contributed by atoms with Gasteiger partial charge in [-0.3, -0.25) is 68.1 Å². The molecular weight excluding hydrogens is 2350 g/mol. The molecule has 9 heterocycles.